The number of aromatic nitrogens is 2. The molecule has 9 heteroatoms. The zero-order valence-electron chi connectivity index (χ0n) is 10.9. The van der Waals surface area contributed by atoms with Crippen LogP contribution in [0.25, 0.3) is 0 Å². The number of carbonyl (C=O) groups excluding carboxylic acids is 1. The number of hydrogen-bond acceptors (Lipinski definition) is 6. The third-order valence-corrected chi connectivity index (χ3v) is 4.58. The van der Waals surface area contributed by atoms with Gasteiger partial charge in [-0.3, -0.25) is 14.2 Å². The Hall–Kier alpha value is -1.87. The molecule has 1 saturated heterocycles. The van der Waals surface area contributed by atoms with E-state index in [1.807, 2.05) is 0 Å². The lowest BCUT2D eigenvalue weighted by atomic mass is 10.2. The molecule has 0 radical (unpaired) electrons. The van der Waals surface area contributed by atoms with Crippen LogP contribution in [-0.2, 0) is 11.3 Å². The van der Waals surface area contributed by atoms with Gasteiger partial charge in [-0.05, 0) is 0 Å². The molecular formula is C12H13N3O5S. The van der Waals surface area contributed by atoms with Gasteiger partial charge >= 0.3 is 5.97 Å². The average molecular weight is 311 g/mol. The zero-order chi connectivity index (χ0) is 15.1. The molecule has 1 aromatic heterocycles. The van der Waals surface area contributed by atoms with Gasteiger partial charge in [0.1, 0.15) is 11.6 Å². The maximum atomic E-state index is 12.4. The molecule has 0 bridgehead atoms. The molecule has 0 aromatic carbocycles. The van der Waals surface area contributed by atoms with Crippen molar-refractivity contribution >= 4 is 23.6 Å². The molecule has 2 aliphatic rings. The highest BCUT2D eigenvalue weighted by Gasteiger charge is 2.40. The highest BCUT2D eigenvalue weighted by molar-refractivity contribution is 7.99. The third kappa shape index (κ3) is 2.32. The molecule has 2 aliphatic heterocycles. The van der Waals surface area contributed by atoms with Crippen molar-refractivity contribution < 1.29 is 19.8 Å². The van der Waals surface area contributed by atoms with Gasteiger partial charge in [0.15, 0.2) is 5.16 Å². The molecule has 0 saturated carbocycles. The molecule has 3 rings (SSSR count). The molecule has 2 N–H and O–H groups in total. The molecule has 8 nitrogen and oxygen atoms in total. The fraction of sp³-hybridized carbons (Fsp3) is 0.500. The van der Waals surface area contributed by atoms with E-state index in [0.717, 1.165) is 10.7 Å². The van der Waals surface area contributed by atoms with Crippen molar-refractivity contribution in [3.8, 4) is 0 Å². The van der Waals surface area contributed by atoms with Crippen LogP contribution in [0, 0.1) is 0 Å². The number of likely N-dealkylation sites (tertiary alicyclic amines) is 1. The first-order chi connectivity index (χ1) is 9.99. The van der Waals surface area contributed by atoms with Crippen molar-refractivity contribution in [3.63, 3.8) is 0 Å². The van der Waals surface area contributed by atoms with Gasteiger partial charge in [-0.1, -0.05) is 11.8 Å². The number of aliphatic hydroxyl groups excluding tert-OH is 1. The Morgan fingerprint density at radius 1 is 1.43 bits per heavy atom. The lowest BCUT2D eigenvalue weighted by Gasteiger charge is -2.20. The van der Waals surface area contributed by atoms with E-state index in [2.05, 4.69) is 4.98 Å². The molecule has 3 heterocycles. The number of amides is 1. The highest BCUT2D eigenvalue weighted by Crippen LogP contribution is 2.23. The van der Waals surface area contributed by atoms with Gasteiger partial charge in [0.2, 0.25) is 0 Å². The number of nitrogens with zero attached hydrogens (tertiary/aromatic N) is 3. The van der Waals surface area contributed by atoms with Gasteiger partial charge in [-0.2, -0.15) is 0 Å². The van der Waals surface area contributed by atoms with E-state index in [4.69, 9.17) is 5.11 Å². The van der Waals surface area contributed by atoms with E-state index >= 15 is 0 Å². The molecular weight excluding hydrogens is 298 g/mol. The number of thioether (sulfide) groups is 1. The fourth-order valence-electron chi connectivity index (χ4n) is 2.59. The van der Waals surface area contributed by atoms with Crippen LogP contribution in [0.4, 0.5) is 0 Å². The summed E-state index contributed by atoms with van der Waals surface area (Å²) in [6, 6.07) is -1.11. The van der Waals surface area contributed by atoms with Crippen LogP contribution in [0.2, 0.25) is 0 Å². The average Bonchev–Trinajstić information content (AvgIpc) is 3.05. The van der Waals surface area contributed by atoms with Crippen molar-refractivity contribution in [2.45, 2.75) is 30.3 Å². The van der Waals surface area contributed by atoms with Crippen LogP contribution in [0.3, 0.4) is 0 Å². The van der Waals surface area contributed by atoms with Crippen molar-refractivity contribution in [1.82, 2.24) is 14.5 Å². The van der Waals surface area contributed by atoms with Crippen molar-refractivity contribution in [3.05, 3.63) is 22.1 Å². The van der Waals surface area contributed by atoms with E-state index in [9.17, 15) is 19.5 Å². The summed E-state index contributed by atoms with van der Waals surface area (Å²) in [5.74, 6) is -1.16. The number of fused-ring (bicyclic) bond motifs is 1. The fourth-order valence-corrected chi connectivity index (χ4v) is 3.51. The highest BCUT2D eigenvalue weighted by atomic mass is 32.2. The largest absolute Gasteiger partial charge is 0.480 e. The number of rotatable bonds is 2. The topological polar surface area (TPSA) is 113 Å². The number of aliphatic carboxylic acids is 1. The first-order valence-corrected chi connectivity index (χ1v) is 7.42. The minimum atomic E-state index is -1.19. The Morgan fingerprint density at radius 2 is 2.19 bits per heavy atom. The molecule has 2 atom stereocenters. The van der Waals surface area contributed by atoms with Crippen LogP contribution in [0.5, 0.6) is 0 Å². The minimum Gasteiger partial charge on any atom is -0.480 e. The smallest absolute Gasteiger partial charge is 0.326 e. The Bertz CT molecular complexity index is 673. The predicted octanol–water partition coefficient (Wildman–Crippen LogP) is -0.991. The van der Waals surface area contributed by atoms with Gasteiger partial charge in [-0.15, -0.1) is 0 Å². The summed E-state index contributed by atoms with van der Waals surface area (Å²) in [6.45, 7) is 0.393. The second kappa shape index (κ2) is 5.15. The van der Waals surface area contributed by atoms with E-state index in [0.29, 0.717) is 11.7 Å². The lowest BCUT2D eigenvalue weighted by molar-refractivity contribution is -0.141. The quantitative estimate of drug-likeness (QED) is 0.674. The predicted molar refractivity (Wildman–Crippen MR) is 72.3 cm³/mol. The van der Waals surface area contributed by atoms with Gasteiger partial charge in [0.05, 0.1) is 6.10 Å². The third-order valence-electron chi connectivity index (χ3n) is 3.61. The zero-order valence-corrected chi connectivity index (χ0v) is 11.7. The molecule has 0 spiro atoms. The summed E-state index contributed by atoms with van der Waals surface area (Å²) in [6.07, 6.45) is 0.269. The van der Waals surface area contributed by atoms with Gasteiger partial charge in [-0.25, -0.2) is 9.78 Å². The van der Waals surface area contributed by atoms with Crippen LogP contribution < -0.4 is 5.56 Å². The van der Waals surface area contributed by atoms with Gasteiger partial charge in [0.25, 0.3) is 11.5 Å². The number of β-amino-alcohol motifs (C(OH)–C–C–N with tert-alkyl or cyclic N) is 1. The normalized spacial score (nSPS) is 24.1. The Kier molecular flexibility index (Phi) is 3.46. The van der Waals surface area contributed by atoms with Gasteiger partial charge in [0, 0.05) is 31.5 Å². The summed E-state index contributed by atoms with van der Waals surface area (Å²) >= 11 is 1.43. The number of carboxylic acids is 1. The van der Waals surface area contributed by atoms with E-state index in [-0.39, 0.29) is 18.5 Å². The summed E-state index contributed by atoms with van der Waals surface area (Å²) in [5.41, 5.74) is -0.609. The summed E-state index contributed by atoms with van der Waals surface area (Å²) in [7, 11) is 0. The molecule has 1 aromatic rings. The summed E-state index contributed by atoms with van der Waals surface area (Å²) in [5, 5.41) is 19.3. The molecule has 0 aliphatic carbocycles. The molecule has 1 amide bonds. The maximum Gasteiger partial charge on any atom is 0.326 e. The van der Waals surface area contributed by atoms with Crippen LogP contribution in [0.1, 0.15) is 16.8 Å². The summed E-state index contributed by atoms with van der Waals surface area (Å²) in [4.78, 5) is 40.9. The number of carbonyl (C=O) groups is 2. The van der Waals surface area contributed by atoms with Gasteiger partial charge < -0.3 is 15.1 Å². The monoisotopic (exact) mass is 311 g/mol. The second-order valence-electron chi connectivity index (χ2n) is 4.96. The van der Waals surface area contributed by atoms with E-state index < -0.39 is 29.6 Å². The van der Waals surface area contributed by atoms with Crippen LogP contribution in [-0.4, -0.2) is 61.0 Å². The Morgan fingerprint density at radius 3 is 2.90 bits per heavy atom. The van der Waals surface area contributed by atoms with E-state index in [1.165, 1.54) is 22.5 Å². The van der Waals surface area contributed by atoms with E-state index in [1.54, 1.807) is 0 Å². The van der Waals surface area contributed by atoms with Crippen molar-refractivity contribution in [1.29, 1.82) is 0 Å². The number of hydrogen-bond donors (Lipinski definition) is 2. The summed E-state index contributed by atoms with van der Waals surface area (Å²) < 4.78 is 1.42. The lowest BCUT2D eigenvalue weighted by Crippen LogP contribution is -2.43. The maximum absolute atomic E-state index is 12.4. The molecule has 112 valence electrons. The number of carboxylic acid groups (broad SMARTS) is 1. The molecule has 1 unspecified atom stereocenters. The second-order valence-corrected chi connectivity index (χ2v) is 6.02. The number of aliphatic hydroxyl groups is 1. The standard InChI is InChI=1S/C12H13N3O5S/c16-6-3-8(11(19)20)15(5-6)10(18)7-4-13-12-14(9(7)17)1-2-21-12/h4,6,8,16H,1-3,5H2,(H,19,20)/t6?,8-/m0/s1. The van der Waals surface area contributed by atoms with Crippen molar-refractivity contribution in [2.75, 3.05) is 12.3 Å². The van der Waals surface area contributed by atoms with Crippen LogP contribution in [0.15, 0.2) is 16.1 Å². The van der Waals surface area contributed by atoms with Crippen LogP contribution >= 0.6 is 11.8 Å². The molecule has 1 fully saturated rings. The Labute approximate surface area is 123 Å². The molecule has 21 heavy (non-hydrogen) atoms. The first-order valence-electron chi connectivity index (χ1n) is 6.43. The SMILES string of the molecule is O=C(O)[C@@H]1CC(O)CN1C(=O)c1cnc2n(c1=O)CCS2. The van der Waals surface area contributed by atoms with Crippen molar-refractivity contribution in [2.24, 2.45) is 0 Å². The minimum absolute atomic E-state index is 0.0311. The first kappa shape index (κ1) is 14.1. The Balaban J connectivity index is 1.96.